The van der Waals surface area contributed by atoms with Gasteiger partial charge in [0.2, 0.25) is 5.91 Å². The van der Waals surface area contributed by atoms with E-state index in [0.717, 1.165) is 37.7 Å². The van der Waals surface area contributed by atoms with Crippen molar-refractivity contribution in [3.8, 4) is 11.1 Å². The lowest BCUT2D eigenvalue weighted by molar-refractivity contribution is -0.163. The minimum atomic E-state index is -1.13. The monoisotopic (exact) mass is 493 g/mol. The first kappa shape index (κ1) is 26.1. The number of carbonyl (C=O) groups excluding carboxylic acids is 2. The van der Waals surface area contributed by atoms with Crippen LogP contribution in [0.4, 0.5) is 0 Å². The third kappa shape index (κ3) is 4.73. The number of aliphatic hydroxyl groups is 1. The van der Waals surface area contributed by atoms with Crippen molar-refractivity contribution in [3.05, 3.63) is 58.5 Å². The lowest BCUT2D eigenvalue weighted by atomic mass is 9.65. The second kappa shape index (κ2) is 10.2. The maximum absolute atomic E-state index is 13.3. The second-order valence-corrected chi connectivity index (χ2v) is 11.0. The van der Waals surface area contributed by atoms with E-state index in [1.807, 2.05) is 49.1 Å². The van der Waals surface area contributed by atoms with Crippen LogP contribution in [-0.2, 0) is 11.3 Å². The molecule has 1 unspecified atom stereocenters. The lowest BCUT2D eigenvalue weighted by Gasteiger charge is -2.52. The number of nitrogens with zero attached hydrogens (tertiary/aromatic N) is 3. The quantitative estimate of drug-likeness (QED) is 0.664. The number of pyridine rings is 1. The average Bonchev–Trinajstić information content (AvgIpc) is 3.36. The summed E-state index contributed by atoms with van der Waals surface area (Å²) >= 11 is 0. The van der Waals surface area contributed by atoms with Crippen LogP contribution in [0.2, 0.25) is 0 Å². The Hall–Kier alpha value is -2.93. The molecule has 1 aliphatic heterocycles. The molecule has 4 rings (SSSR count). The fraction of sp³-hybridized carbons (Fsp3) is 0.552. The molecule has 1 aromatic heterocycles. The van der Waals surface area contributed by atoms with Crippen molar-refractivity contribution < 1.29 is 14.7 Å². The van der Waals surface area contributed by atoms with Gasteiger partial charge >= 0.3 is 0 Å². The molecule has 2 aliphatic rings. The van der Waals surface area contributed by atoms with Crippen molar-refractivity contribution in [3.63, 3.8) is 0 Å². The number of rotatable bonds is 6. The number of aromatic nitrogens is 1. The molecule has 2 aromatic rings. The van der Waals surface area contributed by atoms with E-state index in [1.165, 1.54) is 15.5 Å². The van der Waals surface area contributed by atoms with E-state index in [0.29, 0.717) is 30.6 Å². The maximum atomic E-state index is 13.3. The molecule has 2 heterocycles. The number of likely N-dealkylation sites (tertiary alicyclic amines) is 1. The Bertz CT molecular complexity index is 1170. The molecule has 7 heteroatoms. The molecule has 2 amide bonds. The molecule has 1 aromatic carbocycles. The molecule has 0 bridgehead atoms. The van der Waals surface area contributed by atoms with E-state index >= 15 is 0 Å². The van der Waals surface area contributed by atoms with Gasteiger partial charge in [0.25, 0.3) is 11.5 Å². The first-order valence-corrected chi connectivity index (χ1v) is 13.1. The Kier molecular flexibility index (Phi) is 7.41. The van der Waals surface area contributed by atoms with Gasteiger partial charge in [-0.3, -0.25) is 14.4 Å². The highest BCUT2D eigenvalue weighted by Gasteiger charge is 2.55. The Labute approximate surface area is 213 Å². The molecular formula is C29H39N3O4. The number of amides is 2. The predicted octanol–water partition coefficient (Wildman–Crippen LogP) is 3.79. The molecule has 1 saturated carbocycles. The fourth-order valence-corrected chi connectivity index (χ4v) is 6.02. The standard InChI is InChI=1S/C29H39N3O4/c1-5-21(2)26(34)31-16-15-29(36,28(19-31)13-9-10-14-28)20-32-18-24(27(35)30(3)4)23(17-25(32)33)22-11-7-6-8-12-22/h6-8,11-12,17-18,21,36H,5,9-10,13-16,19-20H2,1-4H3/t21-,29?/m1/s1. The molecular weight excluding hydrogens is 454 g/mol. The van der Waals surface area contributed by atoms with Gasteiger partial charge in [-0.25, -0.2) is 0 Å². The van der Waals surface area contributed by atoms with Crippen LogP contribution in [0.3, 0.4) is 0 Å². The molecule has 194 valence electrons. The predicted molar refractivity (Wildman–Crippen MR) is 141 cm³/mol. The summed E-state index contributed by atoms with van der Waals surface area (Å²) in [4.78, 5) is 42.9. The van der Waals surface area contributed by atoms with Crippen LogP contribution in [0.15, 0.2) is 47.4 Å². The van der Waals surface area contributed by atoms with Crippen molar-refractivity contribution >= 4 is 11.8 Å². The Balaban J connectivity index is 1.72. The summed E-state index contributed by atoms with van der Waals surface area (Å²) in [5.74, 6) is -0.0874. The van der Waals surface area contributed by atoms with Gasteiger partial charge in [0.05, 0.1) is 17.7 Å². The third-order valence-corrected chi connectivity index (χ3v) is 8.46. The summed E-state index contributed by atoms with van der Waals surface area (Å²) in [6, 6.07) is 10.9. The normalized spacial score (nSPS) is 22.0. The Morgan fingerprint density at radius 1 is 1.11 bits per heavy atom. The molecule has 1 spiro atoms. The SMILES string of the molecule is CC[C@@H](C)C(=O)N1CCC(O)(Cn2cc(C(=O)N(C)C)c(-c3ccccc3)cc2=O)C2(CCCC2)C1. The number of hydrogen-bond acceptors (Lipinski definition) is 4. The Morgan fingerprint density at radius 3 is 2.39 bits per heavy atom. The summed E-state index contributed by atoms with van der Waals surface area (Å²) < 4.78 is 1.51. The van der Waals surface area contributed by atoms with Gasteiger partial charge in [-0.1, -0.05) is 57.0 Å². The zero-order valence-electron chi connectivity index (χ0n) is 22.0. The van der Waals surface area contributed by atoms with Crippen molar-refractivity contribution in [1.29, 1.82) is 0 Å². The Morgan fingerprint density at radius 2 is 1.78 bits per heavy atom. The molecule has 1 saturated heterocycles. The van der Waals surface area contributed by atoms with E-state index in [4.69, 9.17) is 0 Å². The number of benzene rings is 1. The van der Waals surface area contributed by atoms with E-state index in [1.54, 1.807) is 20.3 Å². The maximum Gasteiger partial charge on any atom is 0.255 e. The van der Waals surface area contributed by atoms with E-state index in [9.17, 15) is 19.5 Å². The number of hydrogen-bond donors (Lipinski definition) is 1. The smallest absolute Gasteiger partial charge is 0.255 e. The van der Waals surface area contributed by atoms with E-state index in [-0.39, 0.29) is 29.8 Å². The minimum Gasteiger partial charge on any atom is -0.387 e. The summed E-state index contributed by atoms with van der Waals surface area (Å²) in [5.41, 5.74) is -0.00542. The lowest BCUT2D eigenvalue weighted by Crippen LogP contribution is -2.62. The van der Waals surface area contributed by atoms with Gasteiger partial charge in [0.1, 0.15) is 0 Å². The summed E-state index contributed by atoms with van der Waals surface area (Å²) in [5, 5.41) is 12.1. The van der Waals surface area contributed by atoms with Crippen LogP contribution in [0.5, 0.6) is 0 Å². The van der Waals surface area contributed by atoms with Crippen LogP contribution in [0, 0.1) is 11.3 Å². The van der Waals surface area contributed by atoms with Gasteiger partial charge in [0.15, 0.2) is 0 Å². The highest BCUT2D eigenvalue weighted by molar-refractivity contribution is 6.00. The van der Waals surface area contributed by atoms with Crippen LogP contribution >= 0.6 is 0 Å². The molecule has 1 aliphatic carbocycles. The van der Waals surface area contributed by atoms with Gasteiger partial charge in [-0.05, 0) is 31.2 Å². The summed E-state index contributed by atoms with van der Waals surface area (Å²) in [6.07, 6.45) is 6.48. The second-order valence-electron chi connectivity index (χ2n) is 11.0. The molecule has 2 fully saturated rings. The van der Waals surface area contributed by atoms with Gasteiger partial charge in [-0.2, -0.15) is 0 Å². The van der Waals surface area contributed by atoms with Crippen LogP contribution in [0.1, 0.15) is 62.7 Å². The highest BCUT2D eigenvalue weighted by atomic mass is 16.3. The average molecular weight is 494 g/mol. The van der Waals surface area contributed by atoms with Crippen molar-refractivity contribution in [2.24, 2.45) is 11.3 Å². The van der Waals surface area contributed by atoms with Crippen molar-refractivity contribution in [1.82, 2.24) is 14.4 Å². The highest BCUT2D eigenvalue weighted by Crippen LogP contribution is 2.51. The first-order chi connectivity index (χ1) is 17.1. The molecule has 1 N–H and O–H groups in total. The molecule has 36 heavy (non-hydrogen) atoms. The topological polar surface area (TPSA) is 82.8 Å². The zero-order valence-corrected chi connectivity index (χ0v) is 22.0. The zero-order chi connectivity index (χ0) is 26.1. The van der Waals surface area contributed by atoms with Crippen LogP contribution in [-0.4, -0.2) is 64.1 Å². The fourth-order valence-electron chi connectivity index (χ4n) is 6.02. The largest absolute Gasteiger partial charge is 0.387 e. The first-order valence-electron chi connectivity index (χ1n) is 13.1. The van der Waals surface area contributed by atoms with Crippen LogP contribution in [0.25, 0.3) is 11.1 Å². The van der Waals surface area contributed by atoms with Gasteiger partial charge in [-0.15, -0.1) is 0 Å². The van der Waals surface area contributed by atoms with Gasteiger partial charge < -0.3 is 19.5 Å². The molecule has 0 radical (unpaired) electrons. The van der Waals surface area contributed by atoms with E-state index in [2.05, 4.69) is 0 Å². The van der Waals surface area contributed by atoms with Crippen LogP contribution < -0.4 is 5.56 Å². The van der Waals surface area contributed by atoms with Crippen molar-refractivity contribution in [2.45, 2.75) is 64.5 Å². The summed E-state index contributed by atoms with van der Waals surface area (Å²) in [7, 11) is 3.38. The van der Waals surface area contributed by atoms with Crippen molar-refractivity contribution in [2.75, 3.05) is 27.2 Å². The third-order valence-electron chi connectivity index (χ3n) is 8.46. The van der Waals surface area contributed by atoms with E-state index < -0.39 is 11.0 Å². The van der Waals surface area contributed by atoms with Gasteiger partial charge in [0, 0.05) is 56.3 Å². The summed E-state index contributed by atoms with van der Waals surface area (Å²) in [6.45, 7) is 5.09. The number of piperidine rings is 1. The minimum absolute atomic E-state index is 0.0394. The molecule has 2 atom stereocenters. The number of carbonyl (C=O) groups is 2. The molecule has 7 nitrogen and oxygen atoms in total.